The van der Waals surface area contributed by atoms with Gasteiger partial charge in [-0.05, 0) is 81.0 Å². The number of terminal acetylenes is 1. The quantitative estimate of drug-likeness (QED) is 0.470. The zero-order valence-electron chi connectivity index (χ0n) is 18.7. The molecule has 1 aliphatic carbocycles. The van der Waals surface area contributed by atoms with E-state index in [0.717, 1.165) is 50.1 Å². The molecule has 0 amide bonds. The molecule has 1 aromatic carbocycles. The maximum Gasteiger partial charge on any atom is 0.0691 e. The first-order chi connectivity index (χ1) is 15.2. The molecule has 3 heteroatoms. The van der Waals surface area contributed by atoms with Crippen molar-refractivity contribution in [3.05, 3.63) is 71.1 Å². The van der Waals surface area contributed by atoms with Crippen molar-refractivity contribution in [2.24, 2.45) is 0 Å². The number of nitrogens with one attached hydrogen (secondary N) is 1. The van der Waals surface area contributed by atoms with E-state index >= 15 is 0 Å². The Labute approximate surface area is 187 Å². The molecule has 1 saturated carbocycles. The summed E-state index contributed by atoms with van der Waals surface area (Å²) in [5.74, 6) is 2.77. The van der Waals surface area contributed by atoms with Crippen LogP contribution >= 0.6 is 0 Å². The number of allylic oxidation sites excluding steroid dienone is 1. The summed E-state index contributed by atoms with van der Waals surface area (Å²) >= 11 is 0. The Morgan fingerprint density at radius 2 is 2.06 bits per heavy atom. The Morgan fingerprint density at radius 1 is 1.19 bits per heavy atom. The van der Waals surface area contributed by atoms with Gasteiger partial charge in [0, 0.05) is 36.0 Å². The Bertz CT molecular complexity index is 937. The molecule has 1 atom stereocenters. The van der Waals surface area contributed by atoms with Gasteiger partial charge in [-0.3, -0.25) is 4.98 Å². The molecule has 1 saturated heterocycles. The van der Waals surface area contributed by atoms with Gasteiger partial charge in [0.1, 0.15) is 0 Å². The SMILES string of the molecule is C#Cc1ccc(CNCC[C@@]2(c3ccccn3)CCOC3(CCCC3)C2)cc1/C=C\C. The van der Waals surface area contributed by atoms with Gasteiger partial charge in [-0.2, -0.15) is 0 Å². The standard InChI is InChI=1S/C28H34N2O/c1-3-9-25-20-23(11-12-24(25)4-2)21-29-18-15-27(26-10-5-8-17-30-26)16-19-31-28(22-27)13-6-7-14-28/h2-3,5,8-12,17,20,29H,6-7,13-16,18-19,21-22H2,1H3/b9-3-/t27-/m1/s1. The predicted molar refractivity (Wildman–Crippen MR) is 128 cm³/mol. The molecule has 2 aromatic rings. The Morgan fingerprint density at radius 3 is 2.81 bits per heavy atom. The summed E-state index contributed by atoms with van der Waals surface area (Å²) in [6.45, 7) is 4.67. The average molecular weight is 415 g/mol. The van der Waals surface area contributed by atoms with Crippen LogP contribution in [0, 0.1) is 12.3 Å². The summed E-state index contributed by atoms with van der Waals surface area (Å²) in [5.41, 5.74) is 4.72. The molecule has 1 spiro atoms. The lowest BCUT2D eigenvalue weighted by atomic mass is 9.68. The third-order valence-electron chi connectivity index (χ3n) is 7.10. The fourth-order valence-corrected chi connectivity index (χ4v) is 5.53. The van der Waals surface area contributed by atoms with Gasteiger partial charge in [0.25, 0.3) is 0 Å². The number of ether oxygens (including phenoxy) is 1. The first-order valence-corrected chi connectivity index (χ1v) is 11.7. The van der Waals surface area contributed by atoms with Crippen LogP contribution in [0.1, 0.15) is 74.3 Å². The van der Waals surface area contributed by atoms with Gasteiger partial charge in [0.15, 0.2) is 0 Å². The zero-order chi connectivity index (χ0) is 21.6. The first-order valence-electron chi connectivity index (χ1n) is 11.7. The van der Waals surface area contributed by atoms with Crippen LogP contribution in [-0.2, 0) is 16.7 Å². The minimum atomic E-state index is 0.0716. The van der Waals surface area contributed by atoms with Crippen molar-refractivity contribution in [3.63, 3.8) is 0 Å². The van der Waals surface area contributed by atoms with E-state index in [2.05, 4.69) is 41.6 Å². The summed E-state index contributed by atoms with van der Waals surface area (Å²) < 4.78 is 6.37. The van der Waals surface area contributed by atoms with Crippen LogP contribution in [0.4, 0.5) is 0 Å². The van der Waals surface area contributed by atoms with Crippen molar-refractivity contribution >= 4 is 6.08 Å². The lowest BCUT2D eigenvalue weighted by Gasteiger charge is -2.46. The summed E-state index contributed by atoms with van der Waals surface area (Å²) in [6.07, 6.45) is 19.9. The topological polar surface area (TPSA) is 34.2 Å². The summed E-state index contributed by atoms with van der Waals surface area (Å²) in [7, 11) is 0. The zero-order valence-corrected chi connectivity index (χ0v) is 18.7. The third kappa shape index (κ3) is 4.92. The molecule has 2 heterocycles. The highest BCUT2D eigenvalue weighted by molar-refractivity contribution is 5.59. The molecule has 2 aliphatic rings. The molecule has 1 aromatic heterocycles. The number of hydrogen-bond acceptors (Lipinski definition) is 3. The molecule has 1 N–H and O–H groups in total. The monoisotopic (exact) mass is 414 g/mol. The molecular formula is C28H34N2O. The maximum atomic E-state index is 6.37. The minimum Gasteiger partial charge on any atom is -0.375 e. The normalized spacial score (nSPS) is 22.7. The number of nitrogens with zero attached hydrogens (tertiary/aromatic N) is 1. The van der Waals surface area contributed by atoms with Crippen LogP contribution in [0.25, 0.3) is 6.08 Å². The van der Waals surface area contributed by atoms with Gasteiger partial charge < -0.3 is 10.1 Å². The molecule has 1 aliphatic heterocycles. The predicted octanol–water partition coefficient (Wildman–Crippen LogP) is 5.64. The van der Waals surface area contributed by atoms with Crippen LogP contribution in [0.2, 0.25) is 0 Å². The molecule has 0 bridgehead atoms. The van der Waals surface area contributed by atoms with Crippen LogP contribution in [0.5, 0.6) is 0 Å². The van der Waals surface area contributed by atoms with Crippen molar-refractivity contribution in [1.82, 2.24) is 10.3 Å². The third-order valence-corrected chi connectivity index (χ3v) is 7.10. The molecule has 0 unspecified atom stereocenters. The van der Waals surface area contributed by atoms with Gasteiger partial charge in [0.2, 0.25) is 0 Å². The van der Waals surface area contributed by atoms with Crippen molar-refractivity contribution < 1.29 is 4.74 Å². The van der Waals surface area contributed by atoms with Gasteiger partial charge in [-0.1, -0.05) is 43.0 Å². The highest BCUT2D eigenvalue weighted by Crippen LogP contribution is 2.49. The summed E-state index contributed by atoms with van der Waals surface area (Å²) in [4.78, 5) is 4.81. The average Bonchev–Trinajstić information content (AvgIpc) is 3.25. The lowest BCUT2D eigenvalue weighted by molar-refractivity contribution is -0.104. The van der Waals surface area contributed by atoms with Crippen LogP contribution in [-0.4, -0.2) is 23.7 Å². The fourth-order valence-electron chi connectivity index (χ4n) is 5.53. The largest absolute Gasteiger partial charge is 0.375 e. The van der Waals surface area contributed by atoms with E-state index in [-0.39, 0.29) is 11.0 Å². The van der Waals surface area contributed by atoms with Gasteiger partial charge >= 0.3 is 0 Å². The second kappa shape index (κ2) is 9.81. The lowest BCUT2D eigenvalue weighted by Crippen LogP contribution is -2.47. The Kier molecular flexibility index (Phi) is 6.90. The highest BCUT2D eigenvalue weighted by atomic mass is 16.5. The number of rotatable bonds is 7. The van der Waals surface area contributed by atoms with Gasteiger partial charge in [0.05, 0.1) is 5.60 Å². The van der Waals surface area contributed by atoms with Crippen molar-refractivity contribution in [1.29, 1.82) is 0 Å². The molecule has 3 nitrogen and oxygen atoms in total. The highest BCUT2D eigenvalue weighted by Gasteiger charge is 2.48. The second-order valence-electron chi connectivity index (χ2n) is 9.15. The molecule has 162 valence electrons. The molecule has 2 fully saturated rings. The first kappa shape index (κ1) is 21.8. The van der Waals surface area contributed by atoms with Gasteiger partial charge in [-0.15, -0.1) is 6.42 Å². The smallest absolute Gasteiger partial charge is 0.0691 e. The fraction of sp³-hybridized carbons (Fsp3) is 0.464. The molecule has 0 radical (unpaired) electrons. The number of benzene rings is 1. The van der Waals surface area contributed by atoms with Crippen LogP contribution in [0.3, 0.4) is 0 Å². The van der Waals surface area contributed by atoms with Crippen LogP contribution < -0.4 is 5.32 Å². The van der Waals surface area contributed by atoms with E-state index in [1.807, 2.05) is 31.3 Å². The molecule has 4 rings (SSSR count). The Balaban J connectivity index is 1.44. The van der Waals surface area contributed by atoms with Crippen LogP contribution in [0.15, 0.2) is 48.7 Å². The van der Waals surface area contributed by atoms with E-state index in [1.165, 1.54) is 36.9 Å². The molecular weight excluding hydrogens is 380 g/mol. The summed E-state index contributed by atoms with van der Waals surface area (Å²) in [5, 5.41) is 3.68. The van der Waals surface area contributed by atoms with E-state index < -0.39 is 0 Å². The number of aromatic nitrogens is 1. The van der Waals surface area contributed by atoms with E-state index in [1.54, 1.807) is 0 Å². The van der Waals surface area contributed by atoms with E-state index in [9.17, 15) is 0 Å². The van der Waals surface area contributed by atoms with Crippen molar-refractivity contribution in [2.45, 2.75) is 69.4 Å². The van der Waals surface area contributed by atoms with Crippen molar-refractivity contribution in [2.75, 3.05) is 13.2 Å². The number of pyridine rings is 1. The van der Waals surface area contributed by atoms with E-state index in [0.29, 0.717) is 0 Å². The molecule has 31 heavy (non-hydrogen) atoms. The summed E-state index contributed by atoms with van der Waals surface area (Å²) in [6, 6.07) is 12.7. The maximum absolute atomic E-state index is 6.37. The minimum absolute atomic E-state index is 0.0716. The van der Waals surface area contributed by atoms with Gasteiger partial charge in [-0.25, -0.2) is 0 Å². The number of hydrogen-bond donors (Lipinski definition) is 1. The second-order valence-corrected chi connectivity index (χ2v) is 9.15. The van der Waals surface area contributed by atoms with E-state index in [4.69, 9.17) is 16.1 Å². The van der Waals surface area contributed by atoms with Crippen molar-refractivity contribution in [3.8, 4) is 12.3 Å². The Hall–Kier alpha value is -2.41.